The van der Waals surface area contributed by atoms with Crippen LogP contribution in [-0.4, -0.2) is 4.92 Å². The van der Waals surface area contributed by atoms with Crippen molar-refractivity contribution in [3.63, 3.8) is 0 Å². The maximum atomic E-state index is 13.5. The van der Waals surface area contributed by atoms with Gasteiger partial charge in [0.05, 0.1) is 4.92 Å². The van der Waals surface area contributed by atoms with Gasteiger partial charge in [0.15, 0.2) is 0 Å². The number of benzene rings is 2. The summed E-state index contributed by atoms with van der Waals surface area (Å²) in [5.74, 6) is -0.805. The molecule has 5 heteroatoms. The Labute approximate surface area is 114 Å². The summed E-state index contributed by atoms with van der Waals surface area (Å²) in [5, 5.41) is 10.5. The predicted molar refractivity (Wildman–Crippen MR) is 73.0 cm³/mol. The highest BCUT2D eigenvalue weighted by Gasteiger charge is 2.14. The zero-order chi connectivity index (χ0) is 13.8. The Bertz CT molecular complexity index is 599. The smallest absolute Gasteiger partial charge is 0.258 e. The number of rotatable bonds is 4. The Hall–Kier alpha value is -1.88. The molecule has 0 heterocycles. The van der Waals surface area contributed by atoms with Gasteiger partial charge in [0, 0.05) is 15.9 Å². The highest BCUT2D eigenvalue weighted by Crippen LogP contribution is 2.30. The van der Waals surface area contributed by atoms with Crippen molar-refractivity contribution < 1.29 is 9.31 Å². The fourth-order valence-corrected chi connectivity index (χ4v) is 2.47. The Morgan fingerprint density at radius 1 is 1.16 bits per heavy atom. The van der Waals surface area contributed by atoms with Crippen LogP contribution in [-0.2, 0) is 6.42 Å². The topological polar surface area (TPSA) is 43.1 Å². The molecule has 0 unspecified atom stereocenters. The molecule has 2 rings (SSSR count). The third-order valence-corrected chi connectivity index (χ3v) is 3.68. The zero-order valence-corrected chi connectivity index (χ0v) is 11.1. The summed E-state index contributed by atoms with van der Waals surface area (Å²) < 4.78 is 13.5. The van der Waals surface area contributed by atoms with Crippen molar-refractivity contribution in [2.24, 2.45) is 0 Å². The predicted octanol–water partition coefficient (Wildman–Crippen LogP) is 4.45. The molecule has 0 aliphatic heterocycles. The number of hydrogen-bond donors (Lipinski definition) is 0. The quantitative estimate of drug-likeness (QED) is 0.612. The minimum Gasteiger partial charge on any atom is -0.258 e. The van der Waals surface area contributed by atoms with Crippen molar-refractivity contribution in [2.45, 2.75) is 23.1 Å². The number of nitrogens with zero attached hydrogens (tertiary/aromatic N) is 1. The average molecular weight is 277 g/mol. The fraction of sp³-hybridized carbons (Fsp3) is 0.143. The maximum absolute atomic E-state index is 13.5. The van der Waals surface area contributed by atoms with Crippen LogP contribution < -0.4 is 0 Å². The van der Waals surface area contributed by atoms with Gasteiger partial charge in [0.25, 0.3) is 0 Å². The van der Waals surface area contributed by atoms with Gasteiger partial charge in [-0.25, -0.2) is 0 Å². The molecule has 19 heavy (non-hydrogen) atoms. The van der Waals surface area contributed by atoms with Gasteiger partial charge in [0.1, 0.15) is 0 Å². The number of hydrogen-bond acceptors (Lipinski definition) is 3. The van der Waals surface area contributed by atoms with Crippen molar-refractivity contribution >= 4 is 17.4 Å². The number of nitro benzene ring substituents is 1. The lowest BCUT2D eigenvalue weighted by Crippen LogP contribution is -1.92. The van der Waals surface area contributed by atoms with Crippen LogP contribution in [0.2, 0.25) is 0 Å². The molecule has 0 bridgehead atoms. The van der Waals surface area contributed by atoms with Gasteiger partial charge < -0.3 is 0 Å². The molecule has 0 saturated carbocycles. The van der Waals surface area contributed by atoms with E-state index in [4.69, 9.17) is 0 Å². The third-order valence-electron chi connectivity index (χ3n) is 2.68. The molecule has 0 aliphatic rings. The first-order valence-corrected chi connectivity index (χ1v) is 6.62. The first-order chi connectivity index (χ1) is 9.10. The second-order valence-electron chi connectivity index (χ2n) is 3.97. The van der Waals surface area contributed by atoms with Crippen LogP contribution >= 0.6 is 11.8 Å². The van der Waals surface area contributed by atoms with Gasteiger partial charge in [0.2, 0.25) is 5.82 Å². The summed E-state index contributed by atoms with van der Waals surface area (Å²) in [4.78, 5) is 11.4. The molecule has 0 amide bonds. The van der Waals surface area contributed by atoms with E-state index in [1.165, 1.54) is 29.5 Å². The van der Waals surface area contributed by atoms with Crippen LogP contribution in [0.4, 0.5) is 10.1 Å². The van der Waals surface area contributed by atoms with Gasteiger partial charge in [-0.15, -0.1) is 0 Å². The Morgan fingerprint density at radius 2 is 1.79 bits per heavy atom. The highest BCUT2D eigenvalue weighted by atomic mass is 32.2. The van der Waals surface area contributed by atoms with E-state index in [0.29, 0.717) is 4.90 Å². The van der Waals surface area contributed by atoms with Crippen molar-refractivity contribution in [2.75, 3.05) is 0 Å². The summed E-state index contributed by atoms with van der Waals surface area (Å²) in [6, 6.07) is 11.9. The molecule has 2 aromatic rings. The molecule has 98 valence electrons. The first kappa shape index (κ1) is 13.5. The molecule has 0 radical (unpaired) electrons. The van der Waals surface area contributed by atoms with E-state index < -0.39 is 16.4 Å². The summed E-state index contributed by atoms with van der Waals surface area (Å²) >= 11 is 1.38. The standard InChI is InChI=1S/C14H12FNO2S/c1-2-10-3-5-11(6-4-10)19-12-7-8-14(16(17)18)13(15)9-12/h3-9H,2H2,1H3. The van der Waals surface area contributed by atoms with Crippen molar-refractivity contribution in [1.29, 1.82) is 0 Å². The molecule has 0 atom stereocenters. The lowest BCUT2D eigenvalue weighted by Gasteiger charge is -2.03. The van der Waals surface area contributed by atoms with Crippen LogP contribution in [0.15, 0.2) is 52.3 Å². The van der Waals surface area contributed by atoms with Crippen molar-refractivity contribution in [3.8, 4) is 0 Å². The fourth-order valence-electron chi connectivity index (χ4n) is 1.63. The van der Waals surface area contributed by atoms with Gasteiger partial charge in [-0.05, 0) is 36.2 Å². The molecule has 0 saturated heterocycles. The van der Waals surface area contributed by atoms with Gasteiger partial charge in [-0.1, -0.05) is 30.8 Å². The van der Waals surface area contributed by atoms with E-state index in [1.54, 1.807) is 6.07 Å². The van der Waals surface area contributed by atoms with E-state index in [-0.39, 0.29) is 0 Å². The zero-order valence-electron chi connectivity index (χ0n) is 10.3. The van der Waals surface area contributed by atoms with Crippen LogP contribution in [0.3, 0.4) is 0 Å². The third kappa shape index (κ3) is 3.32. The average Bonchev–Trinajstić information content (AvgIpc) is 2.39. The molecule has 0 aliphatic carbocycles. The Morgan fingerprint density at radius 3 is 2.32 bits per heavy atom. The summed E-state index contributed by atoms with van der Waals surface area (Å²) in [7, 11) is 0. The van der Waals surface area contributed by atoms with E-state index >= 15 is 0 Å². The highest BCUT2D eigenvalue weighted by molar-refractivity contribution is 7.99. The van der Waals surface area contributed by atoms with Crippen molar-refractivity contribution in [3.05, 3.63) is 64.0 Å². The summed E-state index contributed by atoms with van der Waals surface area (Å²) in [5.41, 5.74) is 0.741. The minimum absolute atomic E-state index is 0.495. The second-order valence-corrected chi connectivity index (χ2v) is 5.12. The molecule has 3 nitrogen and oxygen atoms in total. The summed E-state index contributed by atoms with van der Waals surface area (Å²) in [6.45, 7) is 2.08. The normalized spacial score (nSPS) is 10.4. The van der Waals surface area contributed by atoms with Crippen LogP contribution in [0, 0.1) is 15.9 Å². The van der Waals surface area contributed by atoms with Gasteiger partial charge in [-0.2, -0.15) is 4.39 Å². The van der Waals surface area contributed by atoms with Gasteiger partial charge >= 0.3 is 5.69 Å². The number of aryl methyl sites for hydroxylation is 1. The minimum atomic E-state index is -0.805. The first-order valence-electron chi connectivity index (χ1n) is 5.81. The molecule has 0 fully saturated rings. The Kier molecular flexibility index (Phi) is 4.16. The van der Waals surface area contributed by atoms with Crippen LogP contribution in [0.25, 0.3) is 0 Å². The molecular formula is C14H12FNO2S. The van der Waals surface area contributed by atoms with Crippen LogP contribution in [0.5, 0.6) is 0 Å². The largest absolute Gasteiger partial charge is 0.304 e. The maximum Gasteiger partial charge on any atom is 0.304 e. The monoisotopic (exact) mass is 277 g/mol. The van der Waals surface area contributed by atoms with Gasteiger partial charge in [-0.3, -0.25) is 10.1 Å². The van der Waals surface area contributed by atoms with E-state index in [9.17, 15) is 14.5 Å². The second kappa shape index (κ2) is 5.84. The van der Waals surface area contributed by atoms with E-state index in [2.05, 4.69) is 6.92 Å². The SMILES string of the molecule is CCc1ccc(Sc2ccc([N+](=O)[O-])c(F)c2)cc1. The lowest BCUT2D eigenvalue weighted by atomic mass is 10.2. The molecule has 0 spiro atoms. The van der Waals surface area contributed by atoms with Crippen molar-refractivity contribution in [1.82, 2.24) is 0 Å². The van der Waals surface area contributed by atoms with Crippen LogP contribution in [0.1, 0.15) is 12.5 Å². The Balaban J connectivity index is 2.18. The summed E-state index contributed by atoms with van der Waals surface area (Å²) in [6.07, 6.45) is 0.969. The molecule has 2 aromatic carbocycles. The molecule has 0 N–H and O–H groups in total. The molecular weight excluding hydrogens is 265 g/mol. The molecule has 0 aromatic heterocycles. The van der Waals surface area contributed by atoms with E-state index in [1.807, 2.05) is 24.3 Å². The number of halogens is 1. The number of nitro groups is 1. The van der Waals surface area contributed by atoms with E-state index in [0.717, 1.165) is 11.3 Å². The lowest BCUT2D eigenvalue weighted by molar-refractivity contribution is -0.387.